The van der Waals surface area contributed by atoms with E-state index in [1.165, 1.54) is 0 Å². The van der Waals surface area contributed by atoms with E-state index >= 15 is 0 Å². The van der Waals surface area contributed by atoms with Gasteiger partial charge < -0.3 is 10.6 Å². The molecule has 3 atom stereocenters. The molecule has 0 aliphatic carbocycles. The van der Waals surface area contributed by atoms with Crippen LogP contribution in [0.1, 0.15) is 48.3 Å². The maximum Gasteiger partial charge on any atom is 0.410 e. The Balaban J connectivity index is 1.63. The van der Waals surface area contributed by atoms with Crippen LogP contribution in [0.5, 0.6) is 0 Å². The number of benzene rings is 1. The van der Waals surface area contributed by atoms with Crippen LogP contribution in [0.25, 0.3) is 0 Å². The number of carbonyl (C=O) groups is 1. The summed E-state index contributed by atoms with van der Waals surface area (Å²) in [6.07, 6.45) is -3.51. The highest BCUT2D eigenvalue weighted by Crippen LogP contribution is 2.39. The number of anilines is 1. The van der Waals surface area contributed by atoms with Crippen molar-refractivity contribution in [3.8, 4) is 0 Å². The summed E-state index contributed by atoms with van der Waals surface area (Å²) in [5.41, 5.74) is 5.96. The summed E-state index contributed by atoms with van der Waals surface area (Å²) in [6.45, 7) is 3.53. The first-order valence-electron chi connectivity index (χ1n) is 8.99. The fourth-order valence-electron chi connectivity index (χ4n) is 3.15. The lowest BCUT2D eigenvalue weighted by Crippen LogP contribution is -2.47. The largest absolute Gasteiger partial charge is 0.410 e. The summed E-state index contributed by atoms with van der Waals surface area (Å²) in [4.78, 5) is 12.5. The van der Waals surface area contributed by atoms with Crippen LogP contribution in [0.2, 0.25) is 0 Å². The molecular weight excluding hydrogens is 405 g/mol. The molecule has 2 aromatic rings. The van der Waals surface area contributed by atoms with Crippen molar-refractivity contribution in [3.05, 3.63) is 47.7 Å². The molecule has 0 radical (unpaired) electrons. The minimum atomic E-state index is -4.46. The van der Waals surface area contributed by atoms with E-state index in [1.54, 1.807) is 6.92 Å². The number of rotatable bonds is 3. The number of nitrogens with one attached hydrogen (secondary N) is 4. The lowest BCUT2D eigenvalue weighted by molar-refractivity contribution is -0.173. The lowest BCUT2D eigenvalue weighted by atomic mass is 10.1. The number of hydrogen-bond acceptors (Lipinski definition) is 4. The average Bonchev–Trinajstić information content (AvgIpc) is 3.09. The van der Waals surface area contributed by atoms with Crippen molar-refractivity contribution in [1.29, 1.82) is 0 Å². The van der Waals surface area contributed by atoms with Crippen molar-refractivity contribution in [1.82, 2.24) is 25.9 Å². The Bertz CT molecular complexity index is 885. The van der Waals surface area contributed by atoms with Gasteiger partial charge >= 0.3 is 6.18 Å². The molecule has 4 N–H and O–H groups in total. The molecule has 0 saturated heterocycles. The van der Waals surface area contributed by atoms with Crippen LogP contribution < -0.4 is 21.5 Å². The topological polar surface area (TPSA) is 83.0 Å². The van der Waals surface area contributed by atoms with E-state index in [1.807, 2.05) is 37.3 Å². The van der Waals surface area contributed by atoms with Gasteiger partial charge in [0.2, 0.25) is 0 Å². The highest BCUT2D eigenvalue weighted by atomic mass is 32.1. The predicted octanol–water partition coefficient (Wildman–Crippen LogP) is 3.06. The van der Waals surface area contributed by atoms with Gasteiger partial charge in [0.05, 0.1) is 12.2 Å². The van der Waals surface area contributed by atoms with Crippen LogP contribution in [-0.4, -0.2) is 33.0 Å². The lowest BCUT2D eigenvalue weighted by Gasteiger charge is -2.32. The Morgan fingerprint density at radius 1 is 1.31 bits per heavy atom. The van der Waals surface area contributed by atoms with Gasteiger partial charge in [-0.2, -0.15) is 18.3 Å². The van der Waals surface area contributed by atoms with Gasteiger partial charge in [-0.1, -0.05) is 30.3 Å². The van der Waals surface area contributed by atoms with Crippen LogP contribution in [-0.2, 0) is 0 Å². The number of nitrogens with zero attached hydrogens (tertiary/aromatic N) is 2. The Hall–Kier alpha value is -2.82. The van der Waals surface area contributed by atoms with Crippen LogP contribution in [0.4, 0.5) is 19.0 Å². The first-order valence-corrected chi connectivity index (χ1v) is 9.40. The molecular formula is C18H21F3N6OS. The van der Waals surface area contributed by atoms with Crippen molar-refractivity contribution in [3.63, 3.8) is 0 Å². The van der Waals surface area contributed by atoms with Crippen LogP contribution in [0.3, 0.4) is 0 Å². The first-order chi connectivity index (χ1) is 13.7. The van der Waals surface area contributed by atoms with E-state index in [9.17, 15) is 18.0 Å². The Kier molecular flexibility index (Phi) is 5.96. The molecule has 0 saturated carbocycles. The number of amides is 1. The highest BCUT2D eigenvalue weighted by molar-refractivity contribution is 7.80. The molecule has 0 bridgehead atoms. The average molecular weight is 426 g/mol. The van der Waals surface area contributed by atoms with Gasteiger partial charge in [0.1, 0.15) is 11.4 Å². The summed E-state index contributed by atoms with van der Waals surface area (Å²) < 4.78 is 40.7. The van der Waals surface area contributed by atoms with E-state index in [-0.39, 0.29) is 29.0 Å². The zero-order valence-corrected chi connectivity index (χ0v) is 16.6. The third-order valence-electron chi connectivity index (χ3n) is 4.61. The van der Waals surface area contributed by atoms with E-state index in [0.29, 0.717) is 0 Å². The second-order valence-electron chi connectivity index (χ2n) is 6.87. The smallest absolute Gasteiger partial charge is 0.367 e. The van der Waals surface area contributed by atoms with Gasteiger partial charge in [-0.15, -0.1) is 0 Å². The number of alkyl halides is 3. The zero-order valence-electron chi connectivity index (χ0n) is 15.7. The van der Waals surface area contributed by atoms with Gasteiger partial charge in [-0.25, -0.2) is 4.68 Å². The molecule has 1 amide bonds. The first kappa shape index (κ1) is 20.9. The molecule has 1 aliphatic rings. The fourth-order valence-corrected chi connectivity index (χ4v) is 3.37. The van der Waals surface area contributed by atoms with Crippen molar-refractivity contribution in [2.45, 2.75) is 44.6 Å². The molecule has 1 aromatic heterocycles. The highest BCUT2D eigenvalue weighted by Gasteiger charge is 2.46. The number of aromatic nitrogens is 2. The van der Waals surface area contributed by atoms with Crippen LogP contribution in [0, 0.1) is 0 Å². The number of thiocarbonyl (C=S) groups is 1. The molecule has 3 rings (SSSR count). The van der Waals surface area contributed by atoms with Crippen molar-refractivity contribution >= 4 is 29.1 Å². The number of carbonyl (C=O) groups excluding carboxylic acids is 1. The maximum atomic E-state index is 13.3. The third-order valence-corrected chi connectivity index (χ3v) is 4.83. The summed E-state index contributed by atoms with van der Waals surface area (Å²) in [5.74, 6) is -0.618. The maximum absolute atomic E-state index is 13.3. The Morgan fingerprint density at radius 2 is 2.00 bits per heavy atom. The molecule has 1 aliphatic heterocycles. The molecule has 156 valence electrons. The molecule has 29 heavy (non-hydrogen) atoms. The Morgan fingerprint density at radius 3 is 2.66 bits per heavy atom. The number of hydrogen-bond donors (Lipinski definition) is 4. The van der Waals surface area contributed by atoms with E-state index < -0.39 is 24.2 Å². The standard InChI is InChI=1S/C18H21F3N6OS/c1-10-8-14(18(19,20)21)27-15(23-10)13(9-22-27)16(28)25-26-17(29)24-11(2)12-6-4-3-5-7-12/h3-7,9-11,14,23H,8H2,1-2H3,(H,25,28)(H2,24,26,29)/t10-,11+,14+/m1/s1. The van der Waals surface area contributed by atoms with Gasteiger partial charge in [0.15, 0.2) is 11.2 Å². The normalized spacial score (nSPS) is 19.5. The molecule has 11 heteroatoms. The van der Waals surface area contributed by atoms with Crippen LogP contribution >= 0.6 is 12.2 Å². The second kappa shape index (κ2) is 8.27. The molecule has 0 fully saturated rings. The molecule has 0 unspecified atom stereocenters. The van der Waals surface area contributed by atoms with E-state index in [4.69, 9.17) is 12.2 Å². The fraction of sp³-hybridized carbons (Fsp3) is 0.389. The monoisotopic (exact) mass is 426 g/mol. The molecule has 1 aromatic carbocycles. The van der Waals surface area contributed by atoms with Gasteiger partial charge in [-0.05, 0) is 38.0 Å². The van der Waals surface area contributed by atoms with Gasteiger partial charge in [-0.3, -0.25) is 15.6 Å². The SMILES string of the molecule is C[C@@H]1C[C@@H](C(F)(F)F)n2ncc(C(=O)NNC(=S)N[C@@H](C)c3ccccc3)c2N1. The van der Waals surface area contributed by atoms with Crippen molar-refractivity contribution in [2.75, 3.05) is 5.32 Å². The summed E-state index contributed by atoms with van der Waals surface area (Å²) in [6, 6.07) is 7.22. The zero-order chi connectivity index (χ0) is 21.2. The van der Waals surface area contributed by atoms with Crippen molar-refractivity contribution < 1.29 is 18.0 Å². The minimum Gasteiger partial charge on any atom is -0.367 e. The molecule has 2 heterocycles. The number of fused-ring (bicyclic) bond motifs is 1. The van der Waals surface area contributed by atoms with Crippen LogP contribution in [0.15, 0.2) is 36.5 Å². The second-order valence-corrected chi connectivity index (χ2v) is 7.28. The predicted molar refractivity (Wildman–Crippen MR) is 106 cm³/mol. The number of hydrazine groups is 1. The van der Waals surface area contributed by atoms with Crippen molar-refractivity contribution in [2.24, 2.45) is 0 Å². The van der Waals surface area contributed by atoms with E-state index in [2.05, 4.69) is 26.6 Å². The summed E-state index contributed by atoms with van der Waals surface area (Å²) >= 11 is 5.16. The number of halogens is 3. The Labute approximate surface area is 171 Å². The minimum absolute atomic E-state index is 0.00259. The quantitative estimate of drug-likeness (QED) is 0.446. The van der Waals surface area contributed by atoms with Gasteiger partial charge in [0, 0.05) is 6.04 Å². The third kappa shape index (κ3) is 4.78. The molecule has 7 nitrogen and oxygen atoms in total. The summed E-state index contributed by atoms with van der Waals surface area (Å²) in [5, 5.41) is 9.85. The molecule has 0 spiro atoms. The van der Waals surface area contributed by atoms with E-state index in [0.717, 1.165) is 16.4 Å². The van der Waals surface area contributed by atoms with Gasteiger partial charge in [0.25, 0.3) is 5.91 Å². The summed E-state index contributed by atoms with van der Waals surface area (Å²) in [7, 11) is 0.